The third kappa shape index (κ3) is 4.39. The molecular formula is C16H17N3O2. The van der Waals surface area contributed by atoms with Gasteiger partial charge in [-0.3, -0.25) is 0 Å². The van der Waals surface area contributed by atoms with Crippen LogP contribution in [0.3, 0.4) is 0 Å². The van der Waals surface area contributed by atoms with Gasteiger partial charge in [-0.25, -0.2) is 4.98 Å². The third-order valence-electron chi connectivity index (χ3n) is 2.74. The fourth-order valence-corrected chi connectivity index (χ4v) is 1.84. The van der Waals surface area contributed by atoms with Crippen molar-refractivity contribution in [1.82, 2.24) is 4.98 Å². The lowest BCUT2D eigenvalue weighted by atomic mass is 10.2. The molecule has 0 saturated carbocycles. The van der Waals surface area contributed by atoms with Crippen LogP contribution in [0.5, 0.6) is 11.6 Å². The molecule has 0 aliphatic carbocycles. The monoisotopic (exact) mass is 283 g/mol. The van der Waals surface area contributed by atoms with Crippen LogP contribution in [0.15, 0.2) is 42.6 Å². The molecule has 21 heavy (non-hydrogen) atoms. The van der Waals surface area contributed by atoms with Crippen molar-refractivity contribution in [2.45, 2.75) is 13.5 Å². The quantitative estimate of drug-likeness (QED) is 0.846. The van der Waals surface area contributed by atoms with E-state index in [1.165, 1.54) is 0 Å². The molecule has 0 aliphatic heterocycles. The van der Waals surface area contributed by atoms with E-state index in [1.807, 2.05) is 49.4 Å². The topological polar surface area (TPSA) is 67.2 Å². The smallest absolute Gasteiger partial charge is 0.237 e. The van der Waals surface area contributed by atoms with Gasteiger partial charge < -0.3 is 14.8 Å². The highest BCUT2D eigenvalue weighted by Gasteiger charge is 2.04. The van der Waals surface area contributed by atoms with Gasteiger partial charge in [-0.05, 0) is 36.8 Å². The molecule has 2 rings (SSSR count). The number of nitrogens with one attached hydrogen (secondary N) is 1. The largest absolute Gasteiger partial charge is 0.479 e. The predicted molar refractivity (Wildman–Crippen MR) is 80.3 cm³/mol. The number of rotatable bonds is 7. The van der Waals surface area contributed by atoms with Gasteiger partial charge in [0.25, 0.3) is 0 Å². The van der Waals surface area contributed by atoms with Crippen molar-refractivity contribution in [1.29, 1.82) is 5.26 Å². The standard InChI is InChI=1S/C16H17N3O2/c1-2-20-16-15(7-4-9-18-16)19-12-13-5-3-6-14(11-13)21-10-8-17/h3-7,9,11,19H,2,10,12H2,1H3. The first kappa shape index (κ1) is 14.7. The molecule has 0 radical (unpaired) electrons. The van der Waals surface area contributed by atoms with Crippen molar-refractivity contribution in [3.8, 4) is 17.7 Å². The lowest BCUT2D eigenvalue weighted by Gasteiger charge is -2.11. The Balaban J connectivity index is 2.01. The molecule has 1 heterocycles. The number of hydrogen-bond acceptors (Lipinski definition) is 5. The lowest BCUT2D eigenvalue weighted by Crippen LogP contribution is -2.04. The highest BCUT2D eigenvalue weighted by Crippen LogP contribution is 2.22. The van der Waals surface area contributed by atoms with Crippen LogP contribution in [0.1, 0.15) is 12.5 Å². The van der Waals surface area contributed by atoms with Gasteiger partial charge in [-0.2, -0.15) is 5.26 Å². The summed E-state index contributed by atoms with van der Waals surface area (Å²) in [5.41, 5.74) is 1.90. The molecule has 5 heteroatoms. The summed E-state index contributed by atoms with van der Waals surface area (Å²) >= 11 is 0. The molecule has 5 nitrogen and oxygen atoms in total. The van der Waals surface area contributed by atoms with E-state index in [2.05, 4.69) is 10.3 Å². The number of nitriles is 1. The van der Waals surface area contributed by atoms with Crippen molar-refractivity contribution in [3.05, 3.63) is 48.2 Å². The molecule has 0 saturated heterocycles. The summed E-state index contributed by atoms with van der Waals surface area (Å²) in [6.45, 7) is 3.17. The van der Waals surface area contributed by atoms with E-state index >= 15 is 0 Å². The minimum absolute atomic E-state index is 0.0496. The molecular weight excluding hydrogens is 266 g/mol. The Morgan fingerprint density at radius 2 is 2.14 bits per heavy atom. The summed E-state index contributed by atoms with van der Waals surface area (Å²) in [6.07, 6.45) is 1.70. The summed E-state index contributed by atoms with van der Waals surface area (Å²) < 4.78 is 10.8. The van der Waals surface area contributed by atoms with E-state index in [0.29, 0.717) is 24.8 Å². The number of nitrogens with zero attached hydrogens (tertiary/aromatic N) is 2. The molecule has 0 amide bonds. The molecule has 0 spiro atoms. The van der Waals surface area contributed by atoms with Crippen LogP contribution in [0.25, 0.3) is 0 Å². The lowest BCUT2D eigenvalue weighted by molar-refractivity contribution is 0.328. The molecule has 0 unspecified atom stereocenters. The molecule has 1 N–H and O–H groups in total. The Kier molecular flexibility index (Phi) is 5.41. The van der Waals surface area contributed by atoms with Gasteiger partial charge in [0.15, 0.2) is 6.61 Å². The van der Waals surface area contributed by atoms with E-state index in [0.717, 1.165) is 11.3 Å². The van der Waals surface area contributed by atoms with Crippen molar-refractivity contribution in [2.75, 3.05) is 18.5 Å². The first-order valence-corrected chi connectivity index (χ1v) is 6.74. The van der Waals surface area contributed by atoms with Gasteiger partial charge in [0.2, 0.25) is 5.88 Å². The van der Waals surface area contributed by atoms with Crippen LogP contribution in [-0.4, -0.2) is 18.2 Å². The zero-order valence-electron chi connectivity index (χ0n) is 11.9. The average Bonchev–Trinajstić information content (AvgIpc) is 2.53. The Morgan fingerprint density at radius 3 is 2.95 bits per heavy atom. The van der Waals surface area contributed by atoms with E-state index in [4.69, 9.17) is 14.7 Å². The summed E-state index contributed by atoms with van der Waals surface area (Å²) in [5.74, 6) is 1.28. The van der Waals surface area contributed by atoms with E-state index in [1.54, 1.807) is 6.20 Å². The molecule has 0 bridgehead atoms. The highest BCUT2D eigenvalue weighted by molar-refractivity contribution is 5.52. The Hall–Kier alpha value is -2.74. The molecule has 0 fully saturated rings. The number of benzene rings is 1. The molecule has 0 atom stereocenters. The molecule has 1 aromatic heterocycles. The Morgan fingerprint density at radius 1 is 1.24 bits per heavy atom. The summed E-state index contributed by atoms with van der Waals surface area (Å²) in [6, 6.07) is 13.4. The molecule has 0 aliphatic rings. The van der Waals surface area contributed by atoms with Gasteiger partial charge in [0.05, 0.1) is 12.3 Å². The number of hydrogen-bond donors (Lipinski definition) is 1. The van der Waals surface area contributed by atoms with Gasteiger partial charge in [0.1, 0.15) is 11.8 Å². The first-order valence-electron chi connectivity index (χ1n) is 6.74. The van der Waals surface area contributed by atoms with E-state index in [-0.39, 0.29) is 6.61 Å². The summed E-state index contributed by atoms with van der Waals surface area (Å²) in [7, 11) is 0. The molecule has 108 valence electrons. The van der Waals surface area contributed by atoms with Crippen molar-refractivity contribution < 1.29 is 9.47 Å². The fourth-order valence-electron chi connectivity index (χ4n) is 1.84. The zero-order valence-corrected chi connectivity index (χ0v) is 11.9. The number of anilines is 1. The van der Waals surface area contributed by atoms with Crippen LogP contribution < -0.4 is 14.8 Å². The van der Waals surface area contributed by atoms with Crippen LogP contribution in [0.4, 0.5) is 5.69 Å². The second kappa shape index (κ2) is 7.75. The van der Waals surface area contributed by atoms with E-state index < -0.39 is 0 Å². The maximum atomic E-state index is 8.52. The Bertz CT molecular complexity index is 623. The maximum Gasteiger partial charge on any atom is 0.237 e. The summed E-state index contributed by atoms with van der Waals surface area (Å²) in [5, 5.41) is 11.8. The van der Waals surface area contributed by atoms with Gasteiger partial charge in [0, 0.05) is 12.7 Å². The van der Waals surface area contributed by atoms with Crippen molar-refractivity contribution >= 4 is 5.69 Å². The zero-order chi connectivity index (χ0) is 14.9. The Labute approximate surface area is 124 Å². The van der Waals surface area contributed by atoms with Crippen LogP contribution in [-0.2, 0) is 6.54 Å². The van der Waals surface area contributed by atoms with Crippen LogP contribution in [0, 0.1) is 11.3 Å². The minimum Gasteiger partial charge on any atom is -0.479 e. The SMILES string of the molecule is CCOc1ncccc1NCc1cccc(OCC#N)c1. The number of ether oxygens (including phenoxy) is 2. The van der Waals surface area contributed by atoms with Crippen molar-refractivity contribution in [3.63, 3.8) is 0 Å². The normalized spacial score (nSPS) is 9.71. The highest BCUT2D eigenvalue weighted by atomic mass is 16.5. The van der Waals surface area contributed by atoms with E-state index in [9.17, 15) is 0 Å². The second-order valence-corrected chi connectivity index (χ2v) is 4.24. The van der Waals surface area contributed by atoms with Gasteiger partial charge in [-0.1, -0.05) is 12.1 Å². The van der Waals surface area contributed by atoms with Crippen LogP contribution in [0.2, 0.25) is 0 Å². The fraction of sp³-hybridized carbons (Fsp3) is 0.250. The van der Waals surface area contributed by atoms with Crippen LogP contribution >= 0.6 is 0 Å². The average molecular weight is 283 g/mol. The number of pyridine rings is 1. The third-order valence-corrected chi connectivity index (χ3v) is 2.74. The van der Waals surface area contributed by atoms with Crippen molar-refractivity contribution in [2.24, 2.45) is 0 Å². The second-order valence-electron chi connectivity index (χ2n) is 4.24. The predicted octanol–water partition coefficient (Wildman–Crippen LogP) is 2.99. The molecule has 2 aromatic rings. The number of aromatic nitrogens is 1. The van der Waals surface area contributed by atoms with Gasteiger partial charge >= 0.3 is 0 Å². The minimum atomic E-state index is 0.0496. The first-order chi connectivity index (χ1) is 10.3. The summed E-state index contributed by atoms with van der Waals surface area (Å²) in [4.78, 5) is 4.19. The maximum absolute atomic E-state index is 8.52. The molecule has 1 aromatic carbocycles. The van der Waals surface area contributed by atoms with Gasteiger partial charge in [-0.15, -0.1) is 0 Å².